The van der Waals surface area contributed by atoms with E-state index in [4.69, 9.17) is 4.74 Å². The Balaban J connectivity index is 1.98. The van der Waals surface area contributed by atoms with E-state index in [2.05, 4.69) is 4.98 Å². The fourth-order valence-corrected chi connectivity index (χ4v) is 3.36. The maximum Gasteiger partial charge on any atom is 0.306 e. The highest BCUT2D eigenvalue weighted by atomic mass is 32.2. The van der Waals surface area contributed by atoms with Crippen LogP contribution >= 0.6 is 11.8 Å². The number of pyridine rings is 1. The Labute approximate surface area is 117 Å². The van der Waals surface area contributed by atoms with Gasteiger partial charge in [0.1, 0.15) is 5.03 Å². The van der Waals surface area contributed by atoms with Crippen molar-refractivity contribution in [2.75, 3.05) is 12.9 Å². The zero-order valence-corrected chi connectivity index (χ0v) is 12.1. The van der Waals surface area contributed by atoms with Crippen LogP contribution in [0.5, 0.6) is 0 Å². The maximum absolute atomic E-state index is 11.4. The van der Waals surface area contributed by atoms with Crippen LogP contribution in [0.2, 0.25) is 0 Å². The molecule has 4 nitrogen and oxygen atoms in total. The van der Waals surface area contributed by atoms with Crippen molar-refractivity contribution in [3.05, 3.63) is 23.9 Å². The van der Waals surface area contributed by atoms with E-state index in [0.717, 1.165) is 29.2 Å². The Kier molecular flexibility index (Phi) is 4.47. The normalized spacial score (nSPS) is 17.8. The summed E-state index contributed by atoms with van der Waals surface area (Å²) < 4.78 is 4.74. The molecule has 5 heteroatoms. The van der Waals surface area contributed by atoms with Gasteiger partial charge < -0.3 is 9.84 Å². The van der Waals surface area contributed by atoms with E-state index in [-0.39, 0.29) is 11.4 Å². The zero-order chi connectivity index (χ0) is 13.9. The number of ether oxygens (including phenoxy) is 1. The summed E-state index contributed by atoms with van der Waals surface area (Å²) in [6.45, 7) is 1.74. The van der Waals surface area contributed by atoms with Gasteiger partial charge in [-0.3, -0.25) is 4.79 Å². The molecule has 0 aliphatic heterocycles. The molecule has 0 amide bonds. The fraction of sp³-hybridized carbons (Fsp3) is 0.571. The van der Waals surface area contributed by atoms with E-state index >= 15 is 0 Å². The van der Waals surface area contributed by atoms with E-state index in [1.807, 2.05) is 12.1 Å². The Hall–Kier alpha value is -1.07. The Morgan fingerprint density at radius 3 is 2.95 bits per heavy atom. The van der Waals surface area contributed by atoms with Crippen LogP contribution in [0.15, 0.2) is 23.4 Å². The Bertz CT molecular complexity index is 458. The van der Waals surface area contributed by atoms with Crippen molar-refractivity contribution in [2.24, 2.45) is 5.41 Å². The number of esters is 1. The highest BCUT2D eigenvalue weighted by Crippen LogP contribution is 2.52. The summed E-state index contributed by atoms with van der Waals surface area (Å²) >= 11 is 1.62. The second-order valence-electron chi connectivity index (χ2n) is 5.12. The van der Waals surface area contributed by atoms with Gasteiger partial charge in [0.05, 0.1) is 19.6 Å². The van der Waals surface area contributed by atoms with Gasteiger partial charge in [-0.1, -0.05) is 6.07 Å². The number of nitrogens with zero attached hydrogens (tertiary/aromatic N) is 1. The molecule has 1 heterocycles. The molecular formula is C14H19NO3S. The maximum atomic E-state index is 11.4. The quantitative estimate of drug-likeness (QED) is 0.641. The van der Waals surface area contributed by atoms with Crippen molar-refractivity contribution in [3.8, 4) is 0 Å². The first-order valence-corrected chi connectivity index (χ1v) is 7.37. The second-order valence-corrected chi connectivity index (χ2v) is 6.08. The lowest BCUT2D eigenvalue weighted by atomic mass is 10.1. The lowest BCUT2D eigenvalue weighted by molar-refractivity contribution is -0.141. The molecule has 1 saturated carbocycles. The molecule has 19 heavy (non-hydrogen) atoms. The van der Waals surface area contributed by atoms with Crippen LogP contribution in [-0.2, 0) is 9.53 Å². The number of carbonyl (C=O) groups excluding carboxylic acids is 1. The molecule has 0 aromatic carbocycles. The van der Waals surface area contributed by atoms with Gasteiger partial charge in [-0.15, -0.1) is 11.8 Å². The molecule has 1 aliphatic rings. The van der Waals surface area contributed by atoms with E-state index in [1.165, 1.54) is 7.11 Å². The van der Waals surface area contributed by atoms with Crippen LogP contribution in [0.3, 0.4) is 0 Å². The lowest BCUT2D eigenvalue weighted by Crippen LogP contribution is -2.13. The van der Waals surface area contributed by atoms with Crippen LogP contribution in [0.4, 0.5) is 0 Å². The minimum atomic E-state index is -0.521. The Morgan fingerprint density at radius 1 is 1.63 bits per heavy atom. The van der Waals surface area contributed by atoms with Gasteiger partial charge in [-0.2, -0.15) is 0 Å². The van der Waals surface area contributed by atoms with Crippen LogP contribution in [0, 0.1) is 5.41 Å². The topological polar surface area (TPSA) is 59.4 Å². The van der Waals surface area contributed by atoms with E-state index in [0.29, 0.717) is 6.42 Å². The monoisotopic (exact) mass is 281 g/mol. The molecule has 0 spiro atoms. The number of aliphatic hydroxyl groups excluding tert-OH is 1. The zero-order valence-electron chi connectivity index (χ0n) is 11.3. The molecule has 1 fully saturated rings. The standard InChI is InChI=1S/C14H19NO3S/c1-10(16)11-4-3-7-15-13(11)19-9-14(5-6-14)8-12(17)18-2/h3-4,7,10,16H,5-6,8-9H2,1-2H3/t10-/m0/s1. The summed E-state index contributed by atoms with van der Waals surface area (Å²) in [6, 6.07) is 3.72. The number of aliphatic hydroxyl groups is 1. The van der Waals surface area contributed by atoms with Gasteiger partial charge in [0, 0.05) is 17.5 Å². The third kappa shape index (κ3) is 3.70. The van der Waals surface area contributed by atoms with Crippen molar-refractivity contribution in [2.45, 2.75) is 37.3 Å². The molecule has 1 aliphatic carbocycles. The first kappa shape index (κ1) is 14.3. The number of methoxy groups -OCH3 is 1. The third-order valence-corrected chi connectivity index (χ3v) is 4.84. The molecule has 0 unspecified atom stereocenters. The highest BCUT2D eigenvalue weighted by Gasteiger charge is 2.44. The van der Waals surface area contributed by atoms with Crippen molar-refractivity contribution in [1.82, 2.24) is 4.98 Å². The number of hydrogen-bond donors (Lipinski definition) is 1. The number of thioether (sulfide) groups is 1. The third-order valence-electron chi connectivity index (χ3n) is 3.47. The van der Waals surface area contributed by atoms with Gasteiger partial charge in [-0.05, 0) is 31.2 Å². The molecule has 0 bridgehead atoms. The van der Waals surface area contributed by atoms with Gasteiger partial charge in [0.15, 0.2) is 0 Å². The Morgan fingerprint density at radius 2 is 2.37 bits per heavy atom. The molecule has 104 valence electrons. The number of carbonyl (C=O) groups is 1. The van der Waals surface area contributed by atoms with Crippen molar-refractivity contribution >= 4 is 17.7 Å². The first-order chi connectivity index (χ1) is 9.06. The fourth-order valence-electron chi connectivity index (χ4n) is 1.99. The van der Waals surface area contributed by atoms with Crippen molar-refractivity contribution in [3.63, 3.8) is 0 Å². The lowest BCUT2D eigenvalue weighted by Gasteiger charge is -2.15. The van der Waals surface area contributed by atoms with Gasteiger partial charge in [0.2, 0.25) is 0 Å². The summed E-state index contributed by atoms with van der Waals surface area (Å²) in [5.74, 6) is 0.702. The molecule has 1 aromatic rings. The predicted molar refractivity (Wildman–Crippen MR) is 73.9 cm³/mol. The van der Waals surface area contributed by atoms with Crippen LogP contribution < -0.4 is 0 Å². The molecule has 0 radical (unpaired) electrons. The molecular weight excluding hydrogens is 262 g/mol. The summed E-state index contributed by atoms with van der Waals surface area (Å²) in [4.78, 5) is 15.7. The van der Waals surface area contributed by atoms with E-state index in [9.17, 15) is 9.90 Å². The average molecular weight is 281 g/mol. The second kappa shape index (κ2) is 5.92. The minimum Gasteiger partial charge on any atom is -0.469 e. The van der Waals surface area contributed by atoms with Crippen molar-refractivity contribution in [1.29, 1.82) is 0 Å². The minimum absolute atomic E-state index is 0.0746. The summed E-state index contributed by atoms with van der Waals surface area (Å²) in [5, 5.41) is 10.6. The van der Waals surface area contributed by atoms with E-state index in [1.54, 1.807) is 24.9 Å². The number of hydrogen-bond acceptors (Lipinski definition) is 5. The molecule has 2 rings (SSSR count). The van der Waals surface area contributed by atoms with Gasteiger partial charge in [-0.25, -0.2) is 4.98 Å². The van der Waals surface area contributed by atoms with Gasteiger partial charge >= 0.3 is 5.97 Å². The van der Waals surface area contributed by atoms with Crippen LogP contribution in [-0.4, -0.2) is 28.9 Å². The largest absolute Gasteiger partial charge is 0.469 e. The number of aromatic nitrogens is 1. The summed E-state index contributed by atoms with van der Waals surface area (Å²) in [7, 11) is 1.43. The first-order valence-electron chi connectivity index (χ1n) is 6.39. The van der Waals surface area contributed by atoms with Crippen molar-refractivity contribution < 1.29 is 14.6 Å². The highest BCUT2D eigenvalue weighted by molar-refractivity contribution is 7.99. The summed E-state index contributed by atoms with van der Waals surface area (Å²) in [6.07, 6.45) is 3.81. The molecule has 1 N–H and O–H groups in total. The summed E-state index contributed by atoms with van der Waals surface area (Å²) in [5.41, 5.74) is 0.923. The SMILES string of the molecule is COC(=O)CC1(CSc2ncccc2[C@H](C)O)CC1. The van der Waals surface area contributed by atoms with Crippen LogP contribution in [0.1, 0.15) is 37.9 Å². The van der Waals surface area contributed by atoms with E-state index < -0.39 is 6.10 Å². The van der Waals surface area contributed by atoms with Crippen LogP contribution in [0.25, 0.3) is 0 Å². The van der Waals surface area contributed by atoms with Gasteiger partial charge in [0.25, 0.3) is 0 Å². The molecule has 1 aromatic heterocycles. The predicted octanol–water partition coefficient (Wildman–Crippen LogP) is 2.57. The number of rotatable bonds is 6. The molecule has 0 saturated heterocycles. The molecule has 1 atom stereocenters. The average Bonchev–Trinajstić information content (AvgIpc) is 3.16. The smallest absolute Gasteiger partial charge is 0.306 e.